The van der Waals surface area contributed by atoms with Crippen molar-refractivity contribution in [3.05, 3.63) is 23.6 Å². The summed E-state index contributed by atoms with van der Waals surface area (Å²) in [6, 6.07) is 0. The van der Waals surface area contributed by atoms with Crippen LogP contribution in [0.15, 0.2) is 22.0 Å². The van der Waals surface area contributed by atoms with Gasteiger partial charge in [0.05, 0.1) is 11.9 Å². The van der Waals surface area contributed by atoms with Crippen molar-refractivity contribution in [3.8, 4) is 0 Å². The van der Waals surface area contributed by atoms with E-state index in [4.69, 9.17) is 5.21 Å². The van der Waals surface area contributed by atoms with Gasteiger partial charge in [0.25, 0.3) is 0 Å². The molecule has 4 nitrogen and oxygen atoms in total. The van der Waals surface area contributed by atoms with Gasteiger partial charge in [-0.05, 0) is 19.1 Å². The quantitative estimate of drug-likeness (QED) is 0.396. The van der Waals surface area contributed by atoms with E-state index in [0.717, 1.165) is 11.3 Å². The first-order valence-electron chi connectivity index (χ1n) is 3.09. The van der Waals surface area contributed by atoms with Gasteiger partial charge in [0.15, 0.2) is 0 Å². The van der Waals surface area contributed by atoms with Crippen LogP contribution in [-0.4, -0.2) is 16.6 Å². The molecule has 0 saturated carbocycles. The molecule has 1 rings (SSSR count). The standard InChI is InChI=1S/C7H8N2O2/c1-6-7(5-11-9-6)3-2-4-8-10/h2-5,10H,1H3/b3-2?,8-4+. The molecule has 1 N–H and O–H groups in total. The monoisotopic (exact) mass is 152 g/mol. The van der Waals surface area contributed by atoms with Crippen LogP contribution >= 0.6 is 0 Å². The molecular formula is C7H8N2O2. The minimum atomic E-state index is 0.813. The third kappa shape index (κ3) is 1.93. The summed E-state index contributed by atoms with van der Waals surface area (Å²) < 4.78 is 4.67. The highest BCUT2D eigenvalue weighted by Gasteiger charge is 1.95. The highest BCUT2D eigenvalue weighted by atomic mass is 16.5. The van der Waals surface area contributed by atoms with Crippen LogP contribution in [0.2, 0.25) is 0 Å². The van der Waals surface area contributed by atoms with Crippen LogP contribution in [0.1, 0.15) is 11.3 Å². The molecule has 1 aromatic heterocycles. The molecule has 0 aliphatic rings. The van der Waals surface area contributed by atoms with E-state index >= 15 is 0 Å². The molecule has 0 amide bonds. The van der Waals surface area contributed by atoms with Crippen LogP contribution in [0, 0.1) is 6.92 Å². The minimum Gasteiger partial charge on any atom is -0.411 e. The number of aryl methyl sites for hydroxylation is 1. The lowest BCUT2D eigenvalue weighted by atomic mass is 10.2. The Balaban J connectivity index is 2.71. The lowest BCUT2D eigenvalue weighted by molar-refractivity contribution is 0.322. The molecular weight excluding hydrogens is 144 g/mol. The number of aromatic nitrogens is 1. The first-order valence-corrected chi connectivity index (χ1v) is 3.09. The third-order valence-electron chi connectivity index (χ3n) is 1.22. The van der Waals surface area contributed by atoms with Gasteiger partial charge in [-0.15, -0.1) is 0 Å². The molecule has 58 valence electrons. The van der Waals surface area contributed by atoms with Crippen molar-refractivity contribution in [2.24, 2.45) is 5.16 Å². The summed E-state index contributed by atoms with van der Waals surface area (Å²) >= 11 is 0. The van der Waals surface area contributed by atoms with Crippen molar-refractivity contribution in [2.45, 2.75) is 6.92 Å². The van der Waals surface area contributed by atoms with Gasteiger partial charge in [0.2, 0.25) is 0 Å². The van der Waals surface area contributed by atoms with Gasteiger partial charge in [-0.3, -0.25) is 0 Å². The summed E-state index contributed by atoms with van der Waals surface area (Å²) in [7, 11) is 0. The van der Waals surface area contributed by atoms with Crippen molar-refractivity contribution in [2.75, 3.05) is 0 Å². The van der Waals surface area contributed by atoms with Crippen molar-refractivity contribution >= 4 is 12.3 Å². The van der Waals surface area contributed by atoms with E-state index in [2.05, 4.69) is 14.8 Å². The Kier molecular flexibility index (Phi) is 2.43. The second-order valence-electron chi connectivity index (χ2n) is 1.98. The van der Waals surface area contributed by atoms with Crippen LogP contribution in [-0.2, 0) is 0 Å². The Bertz CT molecular complexity index is 276. The highest BCUT2D eigenvalue weighted by Crippen LogP contribution is 2.05. The summed E-state index contributed by atoms with van der Waals surface area (Å²) in [5, 5.41) is 14.5. The summed E-state index contributed by atoms with van der Waals surface area (Å²) in [6.45, 7) is 1.83. The summed E-state index contributed by atoms with van der Waals surface area (Å²) in [5.41, 5.74) is 1.69. The van der Waals surface area contributed by atoms with Crippen molar-refractivity contribution < 1.29 is 9.73 Å². The van der Waals surface area contributed by atoms with Gasteiger partial charge >= 0.3 is 0 Å². The van der Waals surface area contributed by atoms with Crippen LogP contribution < -0.4 is 0 Å². The highest BCUT2D eigenvalue weighted by molar-refractivity contribution is 5.77. The molecule has 0 saturated heterocycles. The van der Waals surface area contributed by atoms with Crippen LogP contribution in [0.3, 0.4) is 0 Å². The van der Waals surface area contributed by atoms with E-state index < -0.39 is 0 Å². The van der Waals surface area contributed by atoms with Crippen LogP contribution in [0.5, 0.6) is 0 Å². The zero-order valence-corrected chi connectivity index (χ0v) is 6.06. The molecule has 0 aliphatic heterocycles. The molecule has 0 aromatic carbocycles. The number of allylic oxidation sites excluding steroid dienone is 1. The molecule has 0 spiro atoms. The number of nitrogens with zero attached hydrogens (tertiary/aromatic N) is 2. The molecule has 0 fully saturated rings. The Labute approximate surface area is 63.8 Å². The van der Waals surface area contributed by atoms with E-state index in [1.807, 2.05) is 6.92 Å². The van der Waals surface area contributed by atoms with Crippen molar-refractivity contribution in [3.63, 3.8) is 0 Å². The maximum absolute atomic E-state index is 8.04. The fourth-order valence-electron chi connectivity index (χ4n) is 0.645. The molecule has 0 atom stereocenters. The Morgan fingerprint density at radius 3 is 3.09 bits per heavy atom. The van der Waals surface area contributed by atoms with E-state index in [1.165, 1.54) is 12.5 Å². The predicted octanol–water partition coefficient (Wildman–Crippen LogP) is 1.46. The van der Waals surface area contributed by atoms with Crippen molar-refractivity contribution in [1.29, 1.82) is 0 Å². The third-order valence-corrected chi connectivity index (χ3v) is 1.22. The zero-order valence-electron chi connectivity index (χ0n) is 6.06. The fraction of sp³-hybridized carbons (Fsp3) is 0.143. The molecule has 4 heteroatoms. The van der Waals surface area contributed by atoms with Gasteiger partial charge in [0.1, 0.15) is 6.26 Å². The Morgan fingerprint density at radius 2 is 2.55 bits per heavy atom. The molecule has 1 heterocycles. The fourth-order valence-corrected chi connectivity index (χ4v) is 0.645. The Hall–Kier alpha value is -1.58. The summed E-state index contributed by atoms with van der Waals surface area (Å²) in [4.78, 5) is 0. The Morgan fingerprint density at radius 1 is 1.73 bits per heavy atom. The van der Waals surface area contributed by atoms with Crippen LogP contribution in [0.25, 0.3) is 6.08 Å². The molecule has 11 heavy (non-hydrogen) atoms. The number of hydrogen-bond acceptors (Lipinski definition) is 4. The lowest BCUT2D eigenvalue weighted by Crippen LogP contribution is -1.72. The molecule has 0 aliphatic carbocycles. The van der Waals surface area contributed by atoms with Gasteiger partial charge in [-0.1, -0.05) is 10.3 Å². The van der Waals surface area contributed by atoms with Crippen molar-refractivity contribution in [1.82, 2.24) is 5.16 Å². The molecule has 0 unspecified atom stereocenters. The topological polar surface area (TPSA) is 58.6 Å². The first kappa shape index (κ1) is 7.53. The van der Waals surface area contributed by atoms with Gasteiger partial charge < -0.3 is 9.73 Å². The lowest BCUT2D eigenvalue weighted by Gasteiger charge is -1.80. The zero-order chi connectivity index (χ0) is 8.10. The maximum Gasteiger partial charge on any atom is 0.131 e. The van der Waals surface area contributed by atoms with E-state index in [0.29, 0.717) is 0 Å². The number of oxime groups is 1. The largest absolute Gasteiger partial charge is 0.411 e. The van der Waals surface area contributed by atoms with Gasteiger partial charge in [0, 0.05) is 5.56 Å². The van der Waals surface area contributed by atoms with E-state index in [9.17, 15) is 0 Å². The van der Waals surface area contributed by atoms with E-state index in [1.54, 1.807) is 12.2 Å². The number of rotatable bonds is 2. The predicted molar refractivity (Wildman–Crippen MR) is 40.6 cm³/mol. The second kappa shape index (κ2) is 3.55. The van der Waals surface area contributed by atoms with Gasteiger partial charge in [-0.2, -0.15) is 0 Å². The summed E-state index contributed by atoms with van der Waals surface area (Å²) in [5.74, 6) is 0. The average molecular weight is 152 g/mol. The molecule has 0 radical (unpaired) electrons. The average Bonchev–Trinajstić information content (AvgIpc) is 2.37. The molecule has 0 bridgehead atoms. The maximum atomic E-state index is 8.04. The second-order valence-corrected chi connectivity index (χ2v) is 1.98. The van der Waals surface area contributed by atoms with E-state index in [-0.39, 0.29) is 0 Å². The molecule has 1 aromatic rings. The normalized spacial score (nSPS) is 11.7. The summed E-state index contributed by atoms with van der Waals surface area (Å²) in [6.07, 6.45) is 6.13. The van der Waals surface area contributed by atoms with Gasteiger partial charge in [-0.25, -0.2) is 0 Å². The minimum absolute atomic E-state index is 0.813. The number of hydrogen-bond donors (Lipinski definition) is 1. The smallest absolute Gasteiger partial charge is 0.131 e. The SMILES string of the molecule is Cc1nocc1C=C/C=N/O. The first-order chi connectivity index (χ1) is 5.34. The van der Waals surface area contributed by atoms with Crippen LogP contribution in [0.4, 0.5) is 0 Å².